The van der Waals surface area contributed by atoms with Gasteiger partial charge < -0.3 is 4.74 Å². The number of hydrogen-bond donors (Lipinski definition) is 0. The summed E-state index contributed by atoms with van der Waals surface area (Å²) in [5.41, 5.74) is 0.0984. The van der Waals surface area contributed by atoms with Gasteiger partial charge in [0, 0.05) is 0 Å². The standard InChI is InChI=1S/C9H16O/c1-4-6-9(3)7-5-8(2)10-9/h4,8H,1,5-7H2,2-3H3. The van der Waals surface area contributed by atoms with Crippen molar-refractivity contribution in [1.82, 2.24) is 0 Å². The maximum Gasteiger partial charge on any atom is 0.0693 e. The highest BCUT2D eigenvalue weighted by Gasteiger charge is 2.32. The number of ether oxygens (including phenoxy) is 1. The molecule has 1 aliphatic rings. The molecule has 0 aromatic rings. The molecule has 2 atom stereocenters. The number of rotatable bonds is 2. The Morgan fingerprint density at radius 1 is 1.80 bits per heavy atom. The average molecular weight is 140 g/mol. The van der Waals surface area contributed by atoms with Crippen LogP contribution < -0.4 is 0 Å². The summed E-state index contributed by atoms with van der Waals surface area (Å²) >= 11 is 0. The minimum Gasteiger partial charge on any atom is -0.372 e. The van der Waals surface area contributed by atoms with E-state index in [0.29, 0.717) is 6.10 Å². The molecule has 1 nitrogen and oxygen atoms in total. The summed E-state index contributed by atoms with van der Waals surface area (Å²) in [5.74, 6) is 0. The van der Waals surface area contributed by atoms with E-state index >= 15 is 0 Å². The molecule has 10 heavy (non-hydrogen) atoms. The Balaban J connectivity index is 2.45. The average Bonchev–Trinajstić information content (AvgIpc) is 2.12. The van der Waals surface area contributed by atoms with E-state index in [1.165, 1.54) is 12.8 Å². The van der Waals surface area contributed by atoms with Crippen LogP contribution in [0.15, 0.2) is 12.7 Å². The summed E-state index contributed by atoms with van der Waals surface area (Å²) < 4.78 is 5.72. The van der Waals surface area contributed by atoms with Crippen LogP contribution >= 0.6 is 0 Å². The molecule has 0 bridgehead atoms. The van der Waals surface area contributed by atoms with E-state index in [-0.39, 0.29) is 5.60 Å². The summed E-state index contributed by atoms with van der Waals surface area (Å²) in [7, 11) is 0. The first-order valence-electron chi connectivity index (χ1n) is 3.95. The van der Waals surface area contributed by atoms with E-state index in [1.807, 2.05) is 6.08 Å². The molecule has 0 aliphatic carbocycles. The normalized spacial score (nSPS) is 40.0. The smallest absolute Gasteiger partial charge is 0.0693 e. The maximum absolute atomic E-state index is 5.72. The zero-order valence-electron chi connectivity index (χ0n) is 6.89. The lowest BCUT2D eigenvalue weighted by Gasteiger charge is -2.21. The van der Waals surface area contributed by atoms with Crippen molar-refractivity contribution >= 4 is 0 Å². The fraction of sp³-hybridized carbons (Fsp3) is 0.778. The highest BCUT2D eigenvalue weighted by atomic mass is 16.5. The third kappa shape index (κ3) is 1.60. The molecular formula is C9H16O. The fourth-order valence-electron chi connectivity index (χ4n) is 1.57. The molecule has 1 aliphatic heterocycles. The van der Waals surface area contributed by atoms with Crippen LogP contribution in [0.5, 0.6) is 0 Å². The Hall–Kier alpha value is -0.300. The lowest BCUT2D eigenvalue weighted by atomic mass is 9.98. The van der Waals surface area contributed by atoms with Crippen molar-refractivity contribution in [3.63, 3.8) is 0 Å². The fourth-order valence-corrected chi connectivity index (χ4v) is 1.57. The molecule has 1 rings (SSSR count). The van der Waals surface area contributed by atoms with E-state index in [4.69, 9.17) is 4.74 Å². The molecule has 0 aromatic heterocycles. The molecule has 1 heteroatoms. The van der Waals surface area contributed by atoms with Crippen LogP contribution in [0.2, 0.25) is 0 Å². The van der Waals surface area contributed by atoms with Crippen molar-refractivity contribution in [2.75, 3.05) is 0 Å². The van der Waals surface area contributed by atoms with Gasteiger partial charge in [-0.1, -0.05) is 6.08 Å². The van der Waals surface area contributed by atoms with Gasteiger partial charge in [-0.3, -0.25) is 0 Å². The molecular weight excluding hydrogens is 124 g/mol. The second-order valence-electron chi connectivity index (χ2n) is 3.41. The van der Waals surface area contributed by atoms with E-state index in [0.717, 1.165) is 6.42 Å². The van der Waals surface area contributed by atoms with Crippen molar-refractivity contribution in [2.24, 2.45) is 0 Å². The summed E-state index contributed by atoms with van der Waals surface area (Å²) in [6.07, 6.45) is 5.75. The second kappa shape index (κ2) is 2.75. The lowest BCUT2D eigenvalue weighted by molar-refractivity contribution is -0.0180. The van der Waals surface area contributed by atoms with Gasteiger partial charge in [-0.15, -0.1) is 6.58 Å². The van der Waals surface area contributed by atoms with Crippen molar-refractivity contribution in [3.05, 3.63) is 12.7 Å². The molecule has 0 aromatic carbocycles. The predicted molar refractivity (Wildman–Crippen MR) is 43.0 cm³/mol. The first kappa shape index (κ1) is 7.80. The van der Waals surface area contributed by atoms with Crippen LogP contribution in [-0.2, 0) is 4.74 Å². The molecule has 1 heterocycles. The minimum absolute atomic E-state index is 0.0984. The van der Waals surface area contributed by atoms with Gasteiger partial charge in [0.25, 0.3) is 0 Å². The van der Waals surface area contributed by atoms with Crippen molar-refractivity contribution in [2.45, 2.75) is 44.8 Å². The number of hydrogen-bond acceptors (Lipinski definition) is 1. The Labute approximate surface area is 63.1 Å². The van der Waals surface area contributed by atoms with E-state index in [1.54, 1.807) is 0 Å². The van der Waals surface area contributed by atoms with Gasteiger partial charge >= 0.3 is 0 Å². The van der Waals surface area contributed by atoms with E-state index in [2.05, 4.69) is 20.4 Å². The van der Waals surface area contributed by atoms with Gasteiger partial charge in [0.1, 0.15) is 0 Å². The van der Waals surface area contributed by atoms with E-state index < -0.39 is 0 Å². The Kier molecular flexibility index (Phi) is 2.14. The quantitative estimate of drug-likeness (QED) is 0.535. The maximum atomic E-state index is 5.72. The lowest BCUT2D eigenvalue weighted by Crippen LogP contribution is -2.22. The first-order chi connectivity index (χ1) is 4.66. The highest BCUT2D eigenvalue weighted by Crippen LogP contribution is 2.32. The third-order valence-electron chi connectivity index (χ3n) is 2.14. The SMILES string of the molecule is C=CCC1(C)CCC(C)O1. The summed E-state index contributed by atoms with van der Waals surface area (Å²) in [5, 5.41) is 0. The van der Waals surface area contributed by atoms with Gasteiger partial charge in [0.2, 0.25) is 0 Å². The zero-order valence-corrected chi connectivity index (χ0v) is 6.89. The summed E-state index contributed by atoms with van der Waals surface area (Å²) in [6.45, 7) is 8.01. The van der Waals surface area contributed by atoms with Crippen LogP contribution in [0, 0.1) is 0 Å². The third-order valence-corrected chi connectivity index (χ3v) is 2.14. The van der Waals surface area contributed by atoms with Crippen molar-refractivity contribution in [1.29, 1.82) is 0 Å². The molecule has 0 saturated carbocycles. The van der Waals surface area contributed by atoms with Crippen LogP contribution in [-0.4, -0.2) is 11.7 Å². The molecule has 0 spiro atoms. The largest absolute Gasteiger partial charge is 0.372 e. The van der Waals surface area contributed by atoms with Gasteiger partial charge in [-0.25, -0.2) is 0 Å². The van der Waals surface area contributed by atoms with Crippen LogP contribution in [0.4, 0.5) is 0 Å². The summed E-state index contributed by atoms with van der Waals surface area (Å²) in [4.78, 5) is 0. The van der Waals surface area contributed by atoms with E-state index in [9.17, 15) is 0 Å². The van der Waals surface area contributed by atoms with Crippen molar-refractivity contribution in [3.8, 4) is 0 Å². The zero-order chi connectivity index (χ0) is 7.61. The van der Waals surface area contributed by atoms with Crippen LogP contribution in [0.1, 0.15) is 33.1 Å². The molecule has 1 saturated heterocycles. The highest BCUT2D eigenvalue weighted by molar-refractivity contribution is 4.89. The summed E-state index contributed by atoms with van der Waals surface area (Å²) in [6, 6.07) is 0. The Morgan fingerprint density at radius 3 is 2.90 bits per heavy atom. The molecule has 1 fully saturated rings. The Morgan fingerprint density at radius 2 is 2.50 bits per heavy atom. The molecule has 0 N–H and O–H groups in total. The van der Waals surface area contributed by atoms with Gasteiger partial charge in [0.15, 0.2) is 0 Å². The molecule has 0 radical (unpaired) electrons. The van der Waals surface area contributed by atoms with Gasteiger partial charge in [0.05, 0.1) is 11.7 Å². The predicted octanol–water partition coefficient (Wildman–Crippen LogP) is 2.52. The van der Waals surface area contributed by atoms with Gasteiger partial charge in [-0.05, 0) is 33.1 Å². The van der Waals surface area contributed by atoms with Crippen molar-refractivity contribution < 1.29 is 4.74 Å². The monoisotopic (exact) mass is 140 g/mol. The molecule has 58 valence electrons. The Bertz CT molecular complexity index is 131. The van der Waals surface area contributed by atoms with Crippen LogP contribution in [0.25, 0.3) is 0 Å². The molecule has 2 unspecified atom stereocenters. The second-order valence-corrected chi connectivity index (χ2v) is 3.41. The topological polar surface area (TPSA) is 9.23 Å². The molecule has 0 amide bonds. The first-order valence-corrected chi connectivity index (χ1v) is 3.95. The minimum atomic E-state index is 0.0984. The van der Waals surface area contributed by atoms with Gasteiger partial charge in [-0.2, -0.15) is 0 Å². The van der Waals surface area contributed by atoms with Crippen LogP contribution in [0.3, 0.4) is 0 Å².